The number of hydrogen-bond donors (Lipinski definition) is 1. The van der Waals surface area contributed by atoms with Crippen LogP contribution < -0.4 is 5.32 Å². The van der Waals surface area contributed by atoms with Crippen molar-refractivity contribution in [3.8, 4) is 0 Å². The minimum absolute atomic E-state index is 0.0245. The highest BCUT2D eigenvalue weighted by atomic mass is 32.2. The number of rotatable bonds is 5. The Morgan fingerprint density at radius 2 is 2.05 bits per heavy atom. The van der Waals surface area contributed by atoms with Gasteiger partial charge in [-0.25, -0.2) is 0 Å². The monoisotopic (exact) mass is 292 g/mol. The molecule has 3 nitrogen and oxygen atoms in total. The van der Waals surface area contributed by atoms with Crippen LogP contribution in [-0.4, -0.2) is 42.4 Å². The van der Waals surface area contributed by atoms with Crippen molar-refractivity contribution < 1.29 is 4.79 Å². The Kier molecular flexibility index (Phi) is 5.49. The lowest BCUT2D eigenvalue weighted by molar-refractivity contribution is 0.0963. The van der Waals surface area contributed by atoms with Gasteiger partial charge in [0.05, 0.1) is 0 Å². The van der Waals surface area contributed by atoms with Gasteiger partial charge in [0.1, 0.15) is 0 Å². The van der Waals surface area contributed by atoms with Gasteiger partial charge in [0.2, 0.25) is 0 Å². The fourth-order valence-corrected chi connectivity index (χ4v) is 3.64. The second-order valence-corrected chi connectivity index (χ2v) is 6.65. The van der Waals surface area contributed by atoms with E-state index in [1.165, 1.54) is 24.8 Å². The van der Waals surface area contributed by atoms with Crippen LogP contribution in [0.4, 0.5) is 0 Å². The van der Waals surface area contributed by atoms with Crippen LogP contribution in [0, 0.1) is 0 Å². The van der Waals surface area contributed by atoms with E-state index in [0.29, 0.717) is 6.04 Å². The van der Waals surface area contributed by atoms with Crippen LogP contribution in [0.15, 0.2) is 24.3 Å². The summed E-state index contributed by atoms with van der Waals surface area (Å²) in [6, 6.07) is 8.62. The molecule has 1 aliphatic carbocycles. The Morgan fingerprint density at radius 3 is 2.60 bits per heavy atom. The van der Waals surface area contributed by atoms with Gasteiger partial charge in [-0.3, -0.25) is 9.69 Å². The zero-order valence-electron chi connectivity index (χ0n) is 12.6. The Labute approximate surface area is 126 Å². The lowest BCUT2D eigenvalue weighted by Crippen LogP contribution is -2.29. The zero-order chi connectivity index (χ0) is 14.5. The van der Waals surface area contributed by atoms with Crippen LogP contribution in [0.1, 0.15) is 35.2 Å². The molecule has 1 saturated carbocycles. The van der Waals surface area contributed by atoms with Crippen molar-refractivity contribution in [2.24, 2.45) is 0 Å². The molecule has 0 bridgehead atoms. The van der Waals surface area contributed by atoms with Crippen LogP contribution in [0.5, 0.6) is 0 Å². The van der Waals surface area contributed by atoms with Gasteiger partial charge in [0.15, 0.2) is 0 Å². The van der Waals surface area contributed by atoms with Gasteiger partial charge < -0.3 is 5.32 Å². The van der Waals surface area contributed by atoms with E-state index < -0.39 is 0 Å². The van der Waals surface area contributed by atoms with Crippen molar-refractivity contribution in [2.45, 2.75) is 37.1 Å². The molecule has 1 amide bonds. The molecule has 0 aliphatic heterocycles. The minimum Gasteiger partial charge on any atom is -0.355 e. The molecule has 0 spiro atoms. The van der Waals surface area contributed by atoms with Crippen molar-refractivity contribution >= 4 is 17.7 Å². The van der Waals surface area contributed by atoms with Crippen LogP contribution in [0.3, 0.4) is 0 Å². The summed E-state index contributed by atoms with van der Waals surface area (Å²) < 4.78 is 0. The van der Waals surface area contributed by atoms with E-state index in [2.05, 4.69) is 35.7 Å². The molecule has 1 N–H and O–H groups in total. The predicted molar refractivity (Wildman–Crippen MR) is 86.2 cm³/mol. The van der Waals surface area contributed by atoms with Crippen LogP contribution in [0.25, 0.3) is 0 Å². The van der Waals surface area contributed by atoms with Gasteiger partial charge in [-0.15, -0.1) is 0 Å². The maximum absolute atomic E-state index is 11.5. The highest BCUT2D eigenvalue weighted by Gasteiger charge is 2.26. The molecular formula is C16H24N2OS. The number of carbonyl (C=O) groups excluding carboxylic acids is 1. The summed E-state index contributed by atoms with van der Waals surface area (Å²) in [6.07, 6.45) is 6.16. The summed E-state index contributed by atoms with van der Waals surface area (Å²) in [7, 11) is 3.87. The number of carbonyl (C=O) groups is 1. The topological polar surface area (TPSA) is 32.3 Å². The van der Waals surface area contributed by atoms with E-state index in [1.54, 1.807) is 7.05 Å². The summed E-state index contributed by atoms with van der Waals surface area (Å²) in [6.45, 7) is 0.958. The molecular weight excluding hydrogens is 268 g/mol. The van der Waals surface area contributed by atoms with Crippen LogP contribution in [0.2, 0.25) is 0 Å². The van der Waals surface area contributed by atoms with Crippen LogP contribution >= 0.6 is 11.8 Å². The molecule has 2 rings (SSSR count). The van der Waals surface area contributed by atoms with Crippen molar-refractivity contribution in [1.29, 1.82) is 0 Å². The van der Waals surface area contributed by atoms with Gasteiger partial charge >= 0.3 is 0 Å². The fraction of sp³-hybridized carbons (Fsp3) is 0.562. The average molecular weight is 292 g/mol. The van der Waals surface area contributed by atoms with E-state index >= 15 is 0 Å². The molecule has 1 aromatic carbocycles. The molecule has 1 aliphatic rings. The summed E-state index contributed by atoms with van der Waals surface area (Å²) >= 11 is 2.00. The quantitative estimate of drug-likeness (QED) is 0.905. The third kappa shape index (κ3) is 3.76. The molecule has 1 fully saturated rings. The van der Waals surface area contributed by atoms with E-state index in [1.807, 2.05) is 23.9 Å². The van der Waals surface area contributed by atoms with E-state index in [0.717, 1.165) is 17.4 Å². The number of thioether (sulfide) groups is 1. The molecule has 2 atom stereocenters. The van der Waals surface area contributed by atoms with Gasteiger partial charge in [0, 0.05) is 30.4 Å². The lowest BCUT2D eigenvalue weighted by atomic mass is 10.1. The molecule has 20 heavy (non-hydrogen) atoms. The van der Waals surface area contributed by atoms with Crippen LogP contribution in [-0.2, 0) is 6.54 Å². The zero-order valence-corrected chi connectivity index (χ0v) is 13.4. The predicted octanol–water partition coefficient (Wildman–Crippen LogP) is 2.76. The molecule has 0 saturated heterocycles. The Bertz CT molecular complexity index is 446. The normalized spacial score (nSPS) is 22.2. The van der Waals surface area contributed by atoms with E-state index in [4.69, 9.17) is 0 Å². The first-order valence-corrected chi connectivity index (χ1v) is 8.47. The third-order valence-electron chi connectivity index (χ3n) is 4.19. The van der Waals surface area contributed by atoms with Crippen molar-refractivity contribution in [3.05, 3.63) is 35.4 Å². The Hall–Kier alpha value is -1.00. The molecule has 0 aromatic heterocycles. The average Bonchev–Trinajstić information content (AvgIpc) is 2.96. The van der Waals surface area contributed by atoms with Gasteiger partial charge in [-0.1, -0.05) is 12.1 Å². The lowest BCUT2D eigenvalue weighted by Gasteiger charge is -2.24. The molecule has 0 heterocycles. The van der Waals surface area contributed by atoms with Gasteiger partial charge in [0.25, 0.3) is 5.91 Å². The molecule has 1 aromatic rings. The number of hydrogen-bond acceptors (Lipinski definition) is 3. The highest BCUT2D eigenvalue weighted by molar-refractivity contribution is 7.99. The van der Waals surface area contributed by atoms with Crippen molar-refractivity contribution in [1.82, 2.24) is 10.2 Å². The number of amides is 1. The first kappa shape index (κ1) is 15.4. The number of benzene rings is 1. The highest BCUT2D eigenvalue weighted by Crippen LogP contribution is 2.31. The van der Waals surface area contributed by atoms with Crippen molar-refractivity contribution in [3.63, 3.8) is 0 Å². The SMILES string of the molecule is CNC(=O)c1ccc(CN(C)C2CCC(SC)C2)cc1. The first-order valence-electron chi connectivity index (χ1n) is 7.18. The minimum atomic E-state index is -0.0245. The second-order valence-electron chi connectivity index (χ2n) is 5.52. The fourth-order valence-electron chi connectivity index (χ4n) is 2.85. The maximum atomic E-state index is 11.5. The van der Waals surface area contributed by atoms with Gasteiger partial charge in [-0.05, 0) is 50.3 Å². The van der Waals surface area contributed by atoms with Gasteiger partial charge in [-0.2, -0.15) is 11.8 Å². The molecule has 2 unspecified atom stereocenters. The number of nitrogens with zero attached hydrogens (tertiary/aromatic N) is 1. The maximum Gasteiger partial charge on any atom is 0.251 e. The second kappa shape index (κ2) is 7.14. The smallest absolute Gasteiger partial charge is 0.251 e. The van der Waals surface area contributed by atoms with Crippen molar-refractivity contribution in [2.75, 3.05) is 20.4 Å². The Balaban J connectivity index is 1.91. The third-order valence-corrected chi connectivity index (χ3v) is 5.28. The van der Waals surface area contributed by atoms with E-state index in [9.17, 15) is 4.79 Å². The van der Waals surface area contributed by atoms with E-state index in [-0.39, 0.29) is 5.91 Å². The summed E-state index contributed by atoms with van der Waals surface area (Å²) in [4.78, 5) is 14.0. The molecule has 110 valence electrons. The largest absolute Gasteiger partial charge is 0.355 e. The first-order chi connectivity index (χ1) is 9.63. The standard InChI is InChI=1S/C16H24N2OS/c1-17-16(19)13-6-4-12(5-7-13)11-18(2)14-8-9-15(10-14)20-3/h4-7,14-15H,8-11H2,1-3H3,(H,17,19). The summed E-state index contributed by atoms with van der Waals surface area (Å²) in [5.41, 5.74) is 2.00. The molecule has 0 radical (unpaired) electrons. The number of nitrogens with one attached hydrogen (secondary N) is 1. The Morgan fingerprint density at radius 1 is 1.35 bits per heavy atom. The molecule has 4 heteroatoms. The summed E-state index contributed by atoms with van der Waals surface area (Å²) in [5.74, 6) is -0.0245. The summed E-state index contributed by atoms with van der Waals surface area (Å²) in [5, 5.41) is 3.48.